The molecule has 94 valence electrons. The van der Waals surface area contributed by atoms with Gasteiger partial charge >= 0.3 is 0 Å². The van der Waals surface area contributed by atoms with Crippen LogP contribution in [-0.2, 0) is 0 Å². The van der Waals surface area contributed by atoms with Crippen molar-refractivity contribution in [2.45, 2.75) is 67.2 Å². The van der Waals surface area contributed by atoms with Gasteiger partial charge in [-0.15, -0.1) is 0 Å². The SMILES string of the molecule is C/C=C(C)\C=C\CC(C)(C)CC(C)CCC. The van der Waals surface area contributed by atoms with Crippen LogP contribution in [0.25, 0.3) is 0 Å². The highest BCUT2D eigenvalue weighted by atomic mass is 14.2. The Bertz CT molecular complexity index is 230. The molecule has 16 heavy (non-hydrogen) atoms. The molecule has 0 aliphatic heterocycles. The number of hydrogen-bond acceptors (Lipinski definition) is 0. The monoisotopic (exact) mass is 222 g/mol. The molecule has 0 aromatic rings. The van der Waals surface area contributed by atoms with Crippen LogP contribution < -0.4 is 0 Å². The van der Waals surface area contributed by atoms with Gasteiger partial charge in [-0.2, -0.15) is 0 Å². The van der Waals surface area contributed by atoms with Gasteiger partial charge in [-0.3, -0.25) is 0 Å². The second-order valence-electron chi connectivity index (χ2n) is 5.90. The molecule has 0 radical (unpaired) electrons. The average Bonchev–Trinajstić information content (AvgIpc) is 2.16. The predicted octanol–water partition coefficient (Wildman–Crippen LogP) is 5.75. The van der Waals surface area contributed by atoms with Crippen molar-refractivity contribution in [2.75, 3.05) is 0 Å². The maximum atomic E-state index is 2.38. The Morgan fingerprint density at radius 3 is 2.44 bits per heavy atom. The van der Waals surface area contributed by atoms with Crippen LogP contribution in [0.3, 0.4) is 0 Å². The van der Waals surface area contributed by atoms with Crippen molar-refractivity contribution in [1.29, 1.82) is 0 Å². The minimum Gasteiger partial charge on any atom is -0.0847 e. The van der Waals surface area contributed by atoms with Crippen molar-refractivity contribution < 1.29 is 0 Å². The first-order valence-corrected chi connectivity index (χ1v) is 6.70. The van der Waals surface area contributed by atoms with E-state index in [9.17, 15) is 0 Å². The first-order chi connectivity index (χ1) is 7.41. The van der Waals surface area contributed by atoms with Crippen LogP contribution >= 0.6 is 0 Å². The van der Waals surface area contributed by atoms with Gasteiger partial charge in [0.2, 0.25) is 0 Å². The Balaban J connectivity index is 4.09. The first-order valence-electron chi connectivity index (χ1n) is 6.70. The van der Waals surface area contributed by atoms with Crippen LogP contribution in [0.15, 0.2) is 23.8 Å². The molecule has 0 aromatic carbocycles. The molecular formula is C16H30. The fourth-order valence-electron chi connectivity index (χ4n) is 2.28. The highest BCUT2D eigenvalue weighted by molar-refractivity contribution is 5.14. The van der Waals surface area contributed by atoms with Crippen molar-refractivity contribution in [3.8, 4) is 0 Å². The molecule has 0 saturated heterocycles. The quantitative estimate of drug-likeness (QED) is 0.481. The molecule has 0 heterocycles. The summed E-state index contributed by atoms with van der Waals surface area (Å²) in [5.41, 5.74) is 1.80. The van der Waals surface area contributed by atoms with E-state index in [1.165, 1.54) is 31.3 Å². The van der Waals surface area contributed by atoms with Crippen molar-refractivity contribution in [1.82, 2.24) is 0 Å². The third-order valence-electron chi connectivity index (χ3n) is 3.19. The lowest BCUT2D eigenvalue weighted by atomic mass is 9.79. The van der Waals surface area contributed by atoms with E-state index < -0.39 is 0 Å². The van der Waals surface area contributed by atoms with E-state index in [1.807, 2.05) is 0 Å². The van der Waals surface area contributed by atoms with Crippen molar-refractivity contribution in [3.05, 3.63) is 23.8 Å². The Labute approximate surface area is 103 Å². The molecular weight excluding hydrogens is 192 g/mol. The van der Waals surface area contributed by atoms with Crippen molar-refractivity contribution >= 4 is 0 Å². The van der Waals surface area contributed by atoms with Crippen molar-refractivity contribution in [2.24, 2.45) is 11.3 Å². The zero-order chi connectivity index (χ0) is 12.6. The molecule has 0 aliphatic rings. The Morgan fingerprint density at radius 2 is 1.94 bits per heavy atom. The molecule has 0 rings (SSSR count). The lowest BCUT2D eigenvalue weighted by molar-refractivity contribution is 0.270. The number of hydrogen-bond donors (Lipinski definition) is 0. The van der Waals surface area contributed by atoms with Gasteiger partial charge in [0.15, 0.2) is 0 Å². The largest absolute Gasteiger partial charge is 0.0847 e. The topological polar surface area (TPSA) is 0 Å². The summed E-state index contributed by atoms with van der Waals surface area (Å²) in [6.45, 7) is 13.7. The van der Waals surface area contributed by atoms with E-state index in [0.717, 1.165) is 5.92 Å². The van der Waals surface area contributed by atoms with Gasteiger partial charge in [0, 0.05) is 0 Å². The predicted molar refractivity (Wildman–Crippen MR) is 75.7 cm³/mol. The lowest BCUT2D eigenvalue weighted by Crippen LogP contribution is -2.14. The van der Waals surface area contributed by atoms with Gasteiger partial charge in [0.05, 0.1) is 0 Å². The lowest BCUT2D eigenvalue weighted by Gasteiger charge is -2.26. The third-order valence-corrected chi connectivity index (χ3v) is 3.19. The fourth-order valence-corrected chi connectivity index (χ4v) is 2.28. The molecule has 0 spiro atoms. The van der Waals surface area contributed by atoms with E-state index in [4.69, 9.17) is 0 Å². The Hall–Kier alpha value is -0.520. The second-order valence-corrected chi connectivity index (χ2v) is 5.90. The summed E-state index contributed by atoms with van der Waals surface area (Å²) in [5.74, 6) is 0.858. The van der Waals surface area contributed by atoms with E-state index in [-0.39, 0.29) is 0 Å². The van der Waals surface area contributed by atoms with E-state index >= 15 is 0 Å². The summed E-state index contributed by atoms with van der Waals surface area (Å²) in [5, 5.41) is 0. The van der Waals surface area contributed by atoms with Gasteiger partial charge in [0.25, 0.3) is 0 Å². The van der Waals surface area contributed by atoms with E-state index in [0.29, 0.717) is 5.41 Å². The third kappa shape index (κ3) is 7.73. The summed E-state index contributed by atoms with van der Waals surface area (Å²) >= 11 is 0. The zero-order valence-electron chi connectivity index (χ0n) is 12.1. The highest BCUT2D eigenvalue weighted by Crippen LogP contribution is 2.31. The number of allylic oxidation sites excluding steroid dienone is 4. The molecule has 0 heteroatoms. The van der Waals surface area contributed by atoms with Crippen LogP contribution in [0.5, 0.6) is 0 Å². The maximum Gasteiger partial charge on any atom is -0.0296 e. The van der Waals surface area contributed by atoms with Crippen LogP contribution in [0.1, 0.15) is 67.2 Å². The molecule has 1 unspecified atom stereocenters. The van der Waals surface area contributed by atoms with E-state index in [2.05, 4.69) is 59.8 Å². The second kappa shape index (κ2) is 7.70. The van der Waals surface area contributed by atoms with Gasteiger partial charge < -0.3 is 0 Å². The molecule has 0 N–H and O–H groups in total. The standard InChI is InChI=1S/C16H30/c1-7-10-15(4)13-16(5,6)12-9-11-14(3)8-2/h8-9,11,15H,7,10,12-13H2,1-6H3/b11-9+,14-8-. The Kier molecular flexibility index (Phi) is 7.45. The Morgan fingerprint density at radius 1 is 1.31 bits per heavy atom. The molecule has 0 amide bonds. The smallest absolute Gasteiger partial charge is 0.0296 e. The minimum absolute atomic E-state index is 0.444. The fraction of sp³-hybridized carbons (Fsp3) is 0.750. The zero-order valence-corrected chi connectivity index (χ0v) is 12.1. The number of rotatable bonds is 7. The minimum atomic E-state index is 0.444. The van der Waals surface area contributed by atoms with Gasteiger partial charge in [-0.05, 0) is 38.0 Å². The van der Waals surface area contributed by atoms with Gasteiger partial charge in [-0.25, -0.2) is 0 Å². The average molecular weight is 222 g/mol. The van der Waals surface area contributed by atoms with Crippen LogP contribution in [0.4, 0.5) is 0 Å². The molecule has 0 bridgehead atoms. The molecule has 0 nitrogen and oxygen atoms in total. The molecule has 0 aliphatic carbocycles. The summed E-state index contributed by atoms with van der Waals surface area (Å²) in [4.78, 5) is 0. The van der Waals surface area contributed by atoms with Crippen LogP contribution in [0, 0.1) is 11.3 Å². The first kappa shape index (κ1) is 15.5. The molecule has 0 aromatic heterocycles. The summed E-state index contributed by atoms with van der Waals surface area (Å²) < 4.78 is 0. The highest BCUT2D eigenvalue weighted by Gasteiger charge is 2.19. The summed E-state index contributed by atoms with van der Waals surface area (Å²) in [6.07, 6.45) is 11.9. The van der Waals surface area contributed by atoms with Crippen molar-refractivity contribution in [3.63, 3.8) is 0 Å². The molecule has 1 atom stereocenters. The summed E-state index contributed by atoms with van der Waals surface area (Å²) in [6, 6.07) is 0. The maximum absolute atomic E-state index is 2.38. The molecule has 0 fully saturated rings. The van der Waals surface area contributed by atoms with Crippen LogP contribution in [-0.4, -0.2) is 0 Å². The normalized spacial score (nSPS) is 15.8. The summed E-state index contributed by atoms with van der Waals surface area (Å²) in [7, 11) is 0. The van der Waals surface area contributed by atoms with Gasteiger partial charge in [-0.1, -0.05) is 64.3 Å². The van der Waals surface area contributed by atoms with Gasteiger partial charge in [0.1, 0.15) is 0 Å². The molecule has 0 saturated carbocycles. The van der Waals surface area contributed by atoms with Crippen LogP contribution in [0.2, 0.25) is 0 Å². The van der Waals surface area contributed by atoms with E-state index in [1.54, 1.807) is 0 Å².